The van der Waals surface area contributed by atoms with Crippen LogP contribution in [0.1, 0.15) is 21.5 Å². The molecule has 0 radical (unpaired) electrons. The van der Waals surface area contributed by atoms with Gasteiger partial charge in [0.25, 0.3) is 5.91 Å². The summed E-state index contributed by atoms with van der Waals surface area (Å²) in [6.45, 7) is 1.08. The van der Waals surface area contributed by atoms with E-state index in [9.17, 15) is 9.82 Å². The van der Waals surface area contributed by atoms with E-state index >= 15 is 0 Å². The van der Waals surface area contributed by atoms with E-state index in [1.54, 1.807) is 12.1 Å². The molecular formula is C21H19BN2O3. The summed E-state index contributed by atoms with van der Waals surface area (Å²) in [4.78, 5) is 12.6. The highest BCUT2D eigenvalue weighted by atomic mass is 16.5. The van der Waals surface area contributed by atoms with Crippen molar-refractivity contribution in [3.63, 3.8) is 0 Å². The highest BCUT2D eigenvalue weighted by Gasteiger charge is 2.27. The normalized spacial score (nSPS) is 12.6. The zero-order chi connectivity index (χ0) is 18.6. The van der Waals surface area contributed by atoms with Crippen molar-refractivity contribution >= 4 is 29.9 Å². The summed E-state index contributed by atoms with van der Waals surface area (Å²) < 4.78 is 5.18. The van der Waals surface area contributed by atoms with Gasteiger partial charge in [-0.05, 0) is 46.9 Å². The van der Waals surface area contributed by atoms with Crippen molar-refractivity contribution < 1.29 is 14.5 Å². The van der Waals surface area contributed by atoms with Crippen LogP contribution in [0.2, 0.25) is 0 Å². The van der Waals surface area contributed by atoms with Gasteiger partial charge in [0.1, 0.15) is 0 Å². The van der Waals surface area contributed by atoms with Crippen molar-refractivity contribution in [2.24, 2.45) is 0 Å². The average molecular weight is 358 g/mol. The van der Waals surface area contributed by atoms with Crippen LogP contribution in [-0.4, -0.2) is 18.0 Å². The Hall–Kier alpha value is -3.09. The van der Waals surface area contributed by atoms with Crippen LogP contribution < -0.4 is 16.1 Å². The Morgan fingerprint density at radius 1 is 1.00 bits per heavy atom. The van der Waals surface area contributed by atoms with Crippen molar-refractivity contribution in [1.29, 1.82) is 0 Å². The maximum atomic E-state index is 12.6. The zero-order valence-corrected chi connectivity index (χ0v) is 14.7. The first-order chi connectivity index (χ1) is 13.2. The summed E-state index contributed by atoms with van der Waals surface area (Å²) in [7, 11) is -0.928. The van der Waals surface area contributed by atoms with Crippen LogP contribution >= 0.6 is 0 Å². The van der Waals surface area contributed by atoms with Crippen molar-refractivity contribution in [2.45, 2.75) is 13.2 Å². The minimum Gasteiger partial charge on any atom is -0.423 e. The van der Waals surface area contributed by atoms with Crippen LogP contribution in [0.25, 0.3) is 0 Å². The molecule has 27 heavy (non-hydrogen) atoms. The van der Waals surface area contributed by atoms with Crippen LogP contribution in [-0.2, 0) is 17.8 Å². The summed E-state index contributed by atoms with van der Waals surface area (Å²) in [6, 6.07) is 22.9. The molecule has 0 unspecified atom stereocenters. The Bertz CT molecular complexity index is 963. The van der Waals surface area contributed by atoms with E-state index in [0.29, 0.717) is 29.9 Å². The smallest absolute Gasteiger partial charge is 0.423 e. The molecule has 6 heteroatoms. The van der Waals surface area contributed by atoms with E-state index in [0.717, 1.165) is 11.3 Å². The largest absolute Gasteiger partial charge is 0.491 e. The Kier molecular flexibility index (Phi) is 4.92. The monoisotopic (exact) mass is 358 g/mol. The molecule has 4 rings (SSSR count). The Morgan fingerprint density at radius 3 is 2.70 bits per heavy atom. The van der Waals surface area contributed by atoms with Crippen LogP contribution in [0.15, 0.2) is 72.8 Å². The average Bonchev–Trinajstić information content (AvgIpc) is 3.08. The topological polar surface area (TPSA) is 70.6 Å². The lowest BCUT2D eigenvalue weighted by Gasteiger charge is -2.10. The quantitative estimate of drug-likeness (QED) is 0.614. The summed E-state index contributed by atoms with van der Waals surface area (Å²) in [5, 5.41) is 16.0. The number of anilines is 2. The molecule has 3 aromatic carbocycles. The summed E-state index contributed by atoms with van der Waals surface area (Å²) in [6.07, 6.45) is 0. The predicted molar refractivity (Wildman–Crippen MR) is 107 cm³/mol. The molecule has 5 nitrogen and oxygen atoms in total. The van der Waals surface area contributed by atoms with E-state index in [2.05, 4.69) is 22.8 Å². The lowest BCUT2D eigenvalue weighted by molar-refractivity contribution is 0.102. The number of carbonyl (C=O) groups excluding carboxylic acids is 1. The lowest BCUT2D eigenvalue weighted by atomic mass is 9.79. The van der Waals surface area contributed by atoms with Gasteiger partial charge in [0.15, 0.2) is 0 Å². The first-order valence-electron chi connectivity index (χ1n) is 8.81. The highest BCUT2D eigenvalue weighted by molar-refractivity contribution is 6.61. The van der Waals surface area contributed by atoms with Gasteiger partial charge in [0, 0.05) is 23.5 Å². The van der Waals surface area contributed by atoms with Crippen LogP contribution in [0.4, 0.5) is 11.4 Å². The first kappa shape index (κ1) is 17.3. The van der Waals surface area contributed by atoms with Gasteiger partial charge in [-0.2, -0.15) is 0 Å². The standard InChI is InChI=1S/C21H19BN2O3/c25-21(24-19-10-9-17-14-27-22(26)20(17)12-19)16-7-4-8-18(11-16)23-13-15-5-2-1-3-6-15/h1-12,23,26H,13-14H2,(H,24,25). The van der Waals surface area contributed by atoms with E-state index in [4.69, 9.17) is 4.65 Å². The van der Waals surface area contributed by atoms with Crippen molar-refractivity contribution in [1.82, 2.24) is 0 Å². The molecule has 0 aliphatic carbocycles. The van der Waals surface area contributed by atoms with Gasteiger partial charge in [-0.1, -0.05) is 42.5 Å². The molecule has 0 saturated heterocycles. The lowest BCUT2D eigenvalue weighted by Crippen LogP contribution is -2.28. The molecule has 0 saturated carbocycles. The van der Waals surface area contributed by atoms with E-state index in [1.165, 1.54) is 5.56 Å². The third-order valence-corrected chi connectivity index (χ3v) is 4.53. The Balaban J connectivity index is 1.44. The van der Waals surface area contributed by atoms with Gasteiger partial charge < -0.3 is 20.3 Å². The number of benzene rings is 3. The third kappa shape index (κ3) is 4.02. The van der Waals surface area contributed by atoms with Crippen LogP contribution in [0.5, 0.6) is 0 Å². The number of amides is 1. The molecule has 3 N–H and O–H groups in total. The zero-order valence-electron chi connectivity index (χ0n) is 14.7. The van der Waals surface area contributed by atoms with Crippen molar-refractivity contribution in [3.05, 3.63) is 89.5 Å². The van der Waals surface area contributed by atoms with Crippen LogP contribution in [0.3, 0.4) is 0 Å². The fourth-order valence-electron chi connectivity index (χ4n) is 3.07. The summed E-state index contributed by atoms with van der Waals surface area (Å²) in [5.74, 6) is -0.202. The minimum absolute atomic E-state index is 0.202. The molecule has 1 aliphatic heterocycles. The number of fused-ring (bicyclic) bond motifs is 1. The number of rotatable bonds is 5. The Morgan fingerprint density at radius 2 is 1.85 bits per heavy atom. The van der Waals surface area contributed by atoms with Gasteiger partial charge in [-0.3, -0.25) is 4.79 Å². The van der Waals surface area contributed by atoms with Gasteiger partial charge in [0.2, 0.25) is 0 Å². The molecule has 0 spiro atoms. The fraction of sp³-hybridized carbons (Fsp3) is 0.0952. The Labute approximate surface area is 158 Å². The molecule has 0 bridgehead atoms. The SMILES string of the molecule is O=C(Nc1ccc2c(c1)B(O)OC2)c1cccc(NCc2ccccc2)c1. The maximum Gasteiger partial charge on any atom is 0.491 e. The number of nitrogens with one attached hydrogen (secondary N) is 2. The molecule has 3 aromatic rings. The van der Waals surface area contributed by atoms with Gasteiger partial charge in [-0.15, -0.1) is 0 Å². The van der Waals surface area contributed by atoms with E-state index < -0.39 is 7.12 Å². The highest BCUT2D eigenvalue weighted by Crippen LogP contribution is 2.17. The summed E-state index contributed by atoms with van der Waals surface area (Å²) in [5.41, 5.74) is 4.88. The molecule has 0 fully saturated rings. The van der Waals surface area contributed by atoms with Gasteiger partial charge in [-0.25, -0.2) is 0 Å². The molecule has 0 aromatic heterocycles. The molecule has 134 valence electrons. The third-order valence-electron chi connectivity index (χ3n) is 4.53. The van der Waals surface area contributed by atoms with Gasteiger partial charge in [0.05, 0.1) is 6.61 Å². The molecule has 1 heterocycles. The second-order valence-corrected chi connectivity index (χ2v) is 6.45. The molecule has 1 amide bonds. The summed E-state index contributed by atoms with van der Waals surface area (Å²) >= 11 is 0. The number of hydrogen-bond acceptors (Lipinski definition) is 4. The minimum atomic E-state index is -0.928. The maximum absolute atomic E-state index is 12.6. The molecule has 0 atom stereocenters. The van der Waals surface area contributed by atoms with E-state index in [1.807, 2.05) is 48.5 Å². The van der Waals surface area contributed by atoms with Crippen molar-refractivity contribution in [3.8, 4) is 0 Å². The molecule has 1 aliphatic rings. The number of carbonyl (C=O) groups is 1. The van der Waals surface area contributed by atoms with Gasteiger partial charge >= 0.3 is 7.12 Å². The fourth-order valence-corrected chi connectivity index (χ4v) is 3.07. The first-order valence-corrected chi connectivity index (χ1v) is 8.81. The van der Waals surface area contributed by atoms with Crippen LogP contribution in [0, 0.1) is 0 Å². The predicted octanol–water partition coefficient (Wildman–Crippen LogP) is 2.77. The molecular weight excluding hydrogens is 339 g/mol. The number of hydrogen-bond donors (Lipinski definition) is 3. The second-order valence-electron chi connectivity index (χ2n) is 6.45. The van der Waals surface area contributed by atoms with E-state index in [-0.39, 0.29) is 5.91 Å². The van der Waals surface area contributed by atoms with Crippen molar-refractivity contribution in [2.75, 3.05) is 10.6 Å². The second kappa shape index (κ2) is 7.66.